The number of carbonyl (C=O) groups excluding carboxylic acids is 2. The van der Waals surface area contributed by atoms with Gasteiger partial charge in [-0.3, -0.25) is 19.3 Å². The molecule has 0 radical (unpaired) electrons. The molecule has 0 bridgehead atoms. The molecule has 3 aromatic rings. The lowest BCUT2D eigenvalue weighted by molar-refractivity contribution is -0.127. The first-order valence-corrected chi connectivity index (χ1v) is 11.4. The number of hydrogen-bond donors (Lipinski definition) is 1. The first-order chi connectivity index (χ1) is 16.8. The van der Waals surface area contributed by atoms with Crippen LogP contribution in [0.25, 0.3) is 11.3 Å². The molecule has 1 aliphatic heterocycles. The van der Waals surface area contributed by atoms with E-state index in [0.717, 1.165) is 18.4 Å². The summed E-state index contributed by atoms with van der Waals surface area (Å²) < 4.78 is 17.5. The number of aromatic nitrogens is 4. The smallest absolute Gasteiger partial charge is 0.251 e. The summed E-state index contributed by atoms with van der Waals surface area (Å²) in [6.07, 6.45) is 9.43. The number of pyridine rings is 2. The van der Waals surface area contributed by atoms with Crippen molar-refractivity contribution in [3.63, 3.8) is 0 Å². The summed E-state index contributed by atoms with van der Waals surface area (Å²) in [6.45, 7) is 6.44. The first-order valence-electron chi connectivity index (χ1n) is 11.4. The molecule has 1 atom stereocenters. The third kappa shape index (κ3) is 4.91. The van der Waals surface area contributed by atoms with Crippen LogP contribution in [0.15, 0.2) is 49.6 Å². The molecule has 0 aromatic carbocycles. The van der Waals surface area contributed by atoms with Crippen LogP contribution in [0.4, 0.5) is 10.2 Å². The fourth-order valence-corrected chi connectivity index (χ4v) is 4.51. The maximum Gasteiger partial charge on any atom is 0.251 e. The molecule has 4 heterocycles. The summed E-state index contributed by atoms with van der Waals surface area (Å²) in [6, 6.07) is 3.50. The van der Waals surface area contributed by atoms with Gasteiger partial charge >= 0.3 is 0 Å². The van der Waals surface area contributed by atoms with Crippen molar-refractivity contribution in [3.05, 3.63) is 72.1 Å². The van der Waals surface area contributed by atoms with Crippen molar-refractivity contribution in [3.8, 4) is 11.3 Å². The molecule has 1 fully saturated rings. The number of anilines is 1. The highest BCUT2D eigenvalue weighted by Crippen LogP contribution is 2.34. The molecule has 4 rings (SSSR count). The molecule has 9 nitrogen and oxygen atoms in total. The normalized spacial score (nSPS) is 15.6. The average molecular weight is 478 g/mol. The van der Waals surface area contributed by atoms with Crippen LogP contribution in [-0.2, 0) is 18.4 Å². The number of nitrogens with two attached hydrogens (primary N) is 1. The van der Waals surface area contributed by atoms with E-state index in [-0.39, 0.29) is 34.6 Å². The van der Waals surface area contributed by atoms with E-state index in [2.05, 4.69) is 21.6 Å². The number of piperidine rings is 1. The van der Waals surface area contributed by atoms with Gasteiger partial charge in [0.15, 0.2) is 11.6 Å². The van der Waals surface area contributed by atoms with Crippen LogP contribution in [0, 0.1) is 12.7 Å². The van der Waals surface area contributed by atoms with E-state index >= 15 is 4.39 Å². The molecule has 0 spiro atoms. The minimum atomic E-state index is -0.765. The molecule has 35 heavy (non-hydrogen) atoms. The summed E-state index contributed by atoms with van der Waals surface area (Å²) in [5.41, 5.74) is 7.46. The number of aryl methyl sites for hydroxylation is 1. The SMILES string of the molecule is C=CC(=O)N1CCCC(N(Cc2cccnc2)c2nc(-c3cnn(C)c3)c(C(N)=O)c(C)c2F)C1. The van der Waals surface area contributed by atoms with E-state index in [1.54, 1.807) is 41.4 Å². The summed E-state index contributed by atoms with van der Waals surface area (Å²) in [7, 11) is 1.74. The van der Waals surface area contributed by atoms with Gasteiger partial charge < -0.3 is 15.5 Å². The highest BCUT2D eigenvalue weighted by atomic mass is 19.1. The molecule has 0 saturated carbocycles. The van der Waals surface area contributed by atoms with Crippen molar-refractivity contribution in [2.45, 2.75) is 32.4 Å². The first kappa shape index (κ1) is 24.1. The predicted octanol–water partition coefficient (Wildman–Crippen LogP) is 2.61. The zero-order valence-corrected chi connectivity index (χ0v) is 19.8. The van der Waals surface area contributed by atoms with Crippen molar-refractivity contribution in [2.24, 2.45) is 12.8 Å². The number of carbonyl (C=O) groups is 2. The Bertz CT molecular complexity index is 1260. The molecule has 1 unspecified atom stereocenters. The quantitative estimate of drug-likeness (QED) is 0.524. The van der Waals surface area contributed by atoms with Gasteiger partial charge in [0.2, 0.25) is 5.91 Å². The Balaban J connectivity index is 1.86. The number of nitrogens with zero attached hydrogens (tertiary/aromatic N) is 6. The fraction of sp³-hybridized carbons (Fsp3) is 0.320. The van der Waals surface area contributed by atoms with Crippen LogP contribution < -0.4 is 10.6 Å². The lowest BCUT2D eigenvalue weighted by Gasteiger charge is -2.40. The predicted molar refractivity (Wildman–Crippen MR) is 130 cm³/mol. The van der Waals surface area contributed by atoms with Crippen LogP contribution in [0.3, 0.4) is 0 Å². The minimum absolute atomic E-state index is 0.0210. The Morgan fingerprint density at radius 2 is 2.17 bits per heavy atom. The Kier molecular flexibility index (Phi) is 6.90. The van der Waals surface area contributed by atoms with Gasteiger partial charge in [0.25, 0.3) is 5.91 Å². The van der Waals surface area contributed by atoms with Gasteiger partial charge in [-0.1, -0.05) is 12.6 Å². The lowest BCUT2D eigenvalue weighted by Crippen LogP contribution is -2.50. The number of hydrogen-bond acceptors (Lipinski definition) is 6. The lowest BCUT2D eigenvalue weighted by atomic mass is 10.00. The van der Waals surface area contributed by atoms with E-state index in [4.69, 9.17) is 5.73 Å². The van der Waals surface area contributed by atoms with Gasteiger partial charge in [0.05, 0.1) is 17.5 Å². The van der Waals surface area contributed by atoms with E-state index < -0.39 is 11.7 Å². The number of amides is 2. The van der Waals surface area contributed by atoms with Gasteiger partial charge in [0, 0.05) is 62.4 Å². The maximum absolute atomic E-state index is 15.9. The summed E-state index contributed by atoms with van der Waals surface area (Å²) in [5.74, 6) is -1.46. The summed E-state index contributed by atoms with van der Waals surface area (Å²) >= 11 is 0. The van der Waals surface area contributed by atoms with Gasteiger partial charge in [-0.15, -0.1) is 0 Å². The van der Waals surface area contributed by atoms with Crippen molar-refractivity contribution in [1.82, 2.24) is 24.6 Å². The number of halogens is 1. The standard InChI is InChI=1S/C25H28FN7O2/c1-4-20(34)32-10-6-8-19(15-32)33(13-17-7-5-9-28-11-17)25-22(26)16(2)21(24(27)35)23(30-25)18-12-29-31(3)14-18/h4-5,7,9,11-12,14,19H,1,6,8,10,13,15H2,2-3H3,(H2,27,35). The second-order valence-corrected chi connectivity index (χ2v) is 8.64. The summed E-state index contributed by atoms with van der Waals surface area (Å²) in [5, 5.41) is 4.17. The molecule has 1 saturated heterocycles. The van der Waals surface area contributed by atoms with Crippen LogP contribution in [0.1, 0.15) is 34.3 Å². The van der Waals surface area contributed by atoms with Crippen LogP contribution >= 0.6 is 0 Å². The van der Waals surface area contributed by atoms with Gasteiger partial charge in [0.1, 0.15) is 0 Å². The number of rotatable bonds is 7. The monoisotopic (exact) mass is 477 g/mol. The zero-order valence-electron chi connectivity index (χ0n) is 19.8. The largest absolute Gasteiger partial charge is 0.366 e. The van der Waals surface area contributed by atoms with E-state index in [1.807, 2.05) is 17.0 Å². The molecule has 10 heteroatoms. The topological polar surface area (TPSA) is 110 Å². The van der Waals surface area contributed by atoms with Gasteiger partial charge in [-0.25, -0.2) is 9.37 Å². The van der Waals surface area contributed by atoms with E-state index in [1.165, 1.54) is 13.0 Å². The Hall–Kier alpha value is -4.08. The molecular weight excluding hydrogens is 449 g/mol. The molecule has 3 aromatic heterocycles. The summed E-state index contributed by atoms with van der Waals surface area (Å²) in [4.78, 5) is 37.1. The van der Waals surface area contributed by atoms with Crippen molar-refractivity contribution in [1.29, 1.82) is 0 Å². The molecule has 0 aliphatic carbocycles. The molecular formula is C25H28FN7O2. The number of primary amides is 1. The van der Waals surface area contributed by atoms with Crippen molar-refractivity contribution >= 4 is 17.6 Å². The highest BCUT2D eigenvalue weighted by Gasteiger charge is 2.32. The van der Waals surface area contributed by atoms with E-state index in [0.29, 0.717) is 25.2 Å². The third-order valence-corrected chi connectivity index (χ3v) is 6.25. The van der Waals surface area contributed by atoms with Crippen LogP contribution in [0.5, 0.6) is 0 Å². The second kappa shape index (κ2) is 10.0. The highest BCUT2D eigenvalue weighted by molar-refractivity contribution is 6.00. The number of likely N-dealkylation sites (tertiary alicyclic amines) is 1. The van der Waals surface area contributed by atoms with Crippen molar-refractivity contribution in [2.75, 3.05) is 18.0 Å². The average Bonchev–Trinajstić information content (AvgIpc) is 3.30. The zero-order chi connectivity index (χ0) is 25.1. The Morgan fingerprint density at radius 1 is 1.37 bits per heavy atom. The third-order valence-electron chi connectivity index (χ3n) is 6.25. The molecule has 1 aliphatic rings. The minimum Gasteiger partial charge on any atom is -0.366 e. The van der Waals surface area contributed by atoms with Crippen molar-refractivity contribution < 1.29 is 14.0 Å². The molecule has 182 valence electrons. The fourth-order valence-electron chi connectivity index (χ4n) is 4.51. The van der Waals surface area contributed by atoms with Gasteiger partial charge in [-0.05, 0) is 37.5 Å². The van der Waals surface area contributed by atoms with E-state index in [9.17, 15) is 9.59 Å². The maximum atomic E-state index is 15.9. The van der Waals surface area contributed by atoms with Crippen LogP contribution in [-0.4, -0.2) is 55.6 Å². The molecule has 2 amide bonds. The second-order valence-electron chi connectivity index (χ2n) is 8.64. The Labute approximate surface area is 203 Å². The Morgan fingerprint density at radius 3 is 2.80 bits per heavy atom. The van der Waals surface area contributed by atoms with Crippen LogP contribution in [0.2, 0.25) is 0 Å². The molecule has 2 N–H and O–H groups in total. The van der Waals surface area contributed by atoms with Gasteiger partial charge in [-0.2, -0.15) is 5.10 Å².